The first kappa shape index (κ1) is 35.6. The molecule has 6 aromatic carbocycles. The van der Waals surface area contributed by atoms with E-state index in [-0.39, 0.29) is 4.91 Å². The van der Waals surface area contributed by atoms with Crippen LogP contribution in [-0.2, 0) is 17.4 Å². The molecule has 0 heterocycles. The van der Waals surface area contributed by atoms with Gasteiger partial charge in [0.15, 0.2) is 0 Å². The summed E-state index contributed by atoms with van der Waals surface area (Å²) in [5.74, 6) is -0.938. The van der Waals surface area contributed by atoms with E-state index >= 15 is 0 Å². The molecule has 1 saturated carbocycles. The van der Waals surface area contributed by atoms with Gasteiger partial charge in [0, 0.05) is 0 Å². The molecule has 0 unspecified atom stereocenters. The van der Waals surface area contributed by atoms with Crippen molar-refractivity contribution in [3.05, 3.63) is 192 Å². The van der Waals surface area contributed by atoms with Gasteiger partial charge in [-0.15, -0.1) is 0 Å². The van der Waals surface area contributed by atoms with E-state index in [0.29, 0.717) is 0 Å². The van der Waals surface area contributed by atoms with Crippen LogP contribution in [-0.4, -0.2) is 50.6 Å². The molecule has 1 aliphatic rings. The maximum atomic E-state index is 10.3. The van der Waals surface area contributed by atoms with Crippen molar-refractivity contribution in [2.75, 3.05) is 0 Å². The SMILES string of the molecule is O=C(O)C([S-])=C1CCCC1.c1cc[c]([Sn+]([c]2ccccc2)[c]2ccccc2)cc1.c1cc[c]([Sn]([c]2ccccc2)[c]2ccccc2)cc1. The Bertz CT molecular complexity index is 1520. The Morgan fingerprint density at radius 2 is 0.750 bits per heavy atom. The number of hydrogen-bond donors (Lipinski definition) is 1. The van der Waals surface area contributed by atoms with Crippen LogP contribution in [0, 0.1) is 0 Å². The number of aliphatic carboxylic acids is 1. The van der Waals surface area contributed by atoms with Crippen molar-refractivity contribution in [3.63, 3.8) is 0 Å². The number of carboxylic acid groups (broad SMARTS) is 1. The molecule has 5 heteroatoms. The predicted molar refractivity (Wildman–Crippen MR) is 208 cm³/mol. The molecule has 0 aliphatic heterocycles. The molecule has 7 rings (SSSR count). The van der Waals surface area contributed by atoms with Gasteiger partial charge in [0.2, 0.25) is 0 Å². The van der Waals surface area contributed by atoms with E-state index in [9.17, 15) is 4.79 Å². The van der Waals surface area contributed by atoms with Gasteiger partial charge in [-0.3, -0.25) is 0 Å². The zero-order chi connectivity index (χ0) is 33.4. The number of carboxylic acids is 1. The van der Waals surface area contributed by atoms with Crippen molar-refractivity contribution in [1.82, 2.24) is 0 Å². The molecule has 1 N–H and O–H groups in total. The van der Waals surface area contributed by atoms with Crippen LogP contribution in [0.5, 0.6) is 0 Å². The Morgan fingerprint density at radius 1 is 0.479 bits per heavy atom. The van der Waals surface area contributed by atoms with Crippen LogP contribution >= 0.6 is 0 Å². The first-order valence-electron chi connectivity index (χ1n) is 16.3. The third-order valence-corrected chi connectivity index (χ3v) is 24.2. The number of carbonyl (C=O) groups is 1. The molecular weight excluding hydrogens is 818 g/mol. The molecule has 0 spiro atoms. The molecule has 237 valence electrons. The summed E-state index contributed by atoms with van der Waals surface area (Å²) in [7, 11) is 0. The number of allylic oxidation sites excluding steroid dienone is 1. The van der Waals surface area contributed by atoms with E-state index in [0.717, 1.165) is 31.3 Å². The van der Waals surface area contributed by atoms with Gasteiger partial charge in [0.1, 0.15) is 0 Å². The molecule has 0 saturated heterocycles. The molecule has 0 aromatic heterocycles. The van der Waals surface area contributed by atoms with E-state index < -0.39 is 45.5 Å². The van der Waals surface area contributed by atoms with Crippen molar-refractivity contribution < 1.29 is 9.90 Å². The maximum absolute atomic E-state index is 10.3. The summed E-state index contributed by atoms with van der Waals surface area (Å²) in [4.78, 5) is 10.5. The van der Waals surface area contributed by atoms with Crippen LogP contribution in [0.15, 0.2) is 192 Å². The van der Waals surface area contributed by atoms with Crippen LogP contribution < -0.4 is 21.5 Å². The number of benzene rings is 6. The quantitative estimate of drug-likeness (QED) is 0.125. The van der Waals surface area contributed by atoms with Gasteiger partial charge in [-0.25, -0.2) is 4.79 Å². The molecule has 0 bridgehead atoms. The summed E-state index contributed by atoms with van der Waals surface area (Å²) in [6, 6.07) is 65.9. The van der Waals surface area contributed by atoms with Crippen molar-refractivity contribution in [2.45, 2.75) is 25.7 Å². The average molecular weight is 857 g/mol. The van der Waals surface area contributed by atoms with Crippen LogP contribution in [0.4, 0.5) is 0 Å². The molecule has 1 radical (unpaired) electrons. The Kier molecular flexibility index (Phi) is 14.4. The summed E-state index contributed by atoms with van der Waals surface area (Å²) < 4.78 is 9.18. The Morgan fingerprint density at radius 3 is 1.02 bits per heavy atom. The van der Waals surface area contributed by atoms with Crippen LogP contribution in [0.1, 0.15) is 25.7 Å². The molecule has 6 aromatic rings. The van der Waals surface area contributed by atoms with Gasteiger partial charge in [-0.2, -0.15) is 0 Å². The van der Waals surface area contributed by atoms with Gasteiger partial charge in [0.25, 0.3) is 0 Å². The van der Waals surface area contributed by atoms with Crippen molar-refractivity contribution >= 4 is 79.6 Å². The molecule has 0 amide bonds. The fourth-order valence-electron chi connectivity index (χ4n) is 5.81. The summed E-state index contributed by atoms with van der Waals surface area (Å²) in [6.45, 7) is 0. The predicted octanol–water partition coefficient (Wildman–Crippen LogP) is 5.85. The molecular formula is C43H39O2SSn2. The van der Waals surface area contributed by atoms with E-state index in [4.69, 9.17) is 17.7 Å². The Balaban J connectivity index is 0.000000148. The van der Waals surface area contributed by atoms with E-state index in [1.807, 2.05) is 0 Å². The fraction of sp³-hybridized carbons (Fsp3) is 0.0930. The minimum atomic E-state index is -1.98. The third-order valence-electron chi connectivity index (χ3n) is 8.10. The second-order valence-corrected chi connectivity index (χ2v) is 26.0. The van der Waals surface area contributed by atoms with E-state index in [1.165, 1.54) is 21.5 Å². The zero-order valence-corrected chi connectivity index (χ0v) is 33.4. The first-order valence-corrected chi connectivity index (χ1v) is 25.3. The molecule has 1 aliphatic carbocycles. The summed E-state index contributed by atoms with van der Waals surface area (Å²) in [5, 5.41) is 8.48. The van der Waals surface area contributed by atoms with Gasteiger partial charge in [0.05, 0.1) is 0 Å². The van der Waals surface area contributed by atoms with Crippen LogP contribution in [0.3, 0.4) is 0 Å². The number of rotatable bonds is 7. The van der Waals surface area contributed by atoms with E-state index in [2.05, 4.69) is 182 Å². The molecule has 0 atom stereocenters. The monoisotopic (exact) mass is 859 g/mol. The Labute approximate surface area is 305 Å². The Hall–Kier alpha value is -3.65. The average Bonchev–Trinajstić information content (AvgIpc) is 3.70. The van der Waals surface area contributed by atoms with Crippen molar-refractivity contribution in [1.29, 1.82) is 0 Å². The number of hydrogen-bond acceptors (Lipinski definition) is 2. The first-order chi connectivity index (χ1) is 23.6. The van der Waals surface area contributed by atoms with Gasteiger partial charge in [-0.1, -0.05) is 10.5 Å². The fourth-order valence-corrected chi connectivity index (χ4v) is 20.7. The van der Waals surface area contributed by atoms with Crippen LogP contribution in [0.25, 0.3) is 0 Å². The normalized spacial score (nSPS) is 11.8. The van der Waals surface area contributed by atoms with Crippen molar-refractivity contribution in [3.8, 4) is 0 Å². The van der Waals surface area contributed by atoms with Gasteiger partial charge in [-0.05, 0) is 25.7 Å². The zero-order valence-electron chi connectivity index (χ0n) is 26.9. The van der Waals surface area contributed by atoms with Gasteiger partial charge < -0.3 is 17.7 Å². The van der Waals surface area contributed by atoms with Gasteiger partial charge >= 0.3 is 249 Å². The van der Waals surface area contributed by atoms with E-state index in [1.54, 1.807) is 0 Å². The topological polar surface area (TPSA) is 37.3 Å². The molecule has 1 fully saturated rings. The molecule has 48 heavy (non-hydrogen) atoms. The van der Waals surface area contributed by atoms with Crippen LogP contribution in [0.2, 0.25) is 0 Å². The van der Waals surface area contributed by atoms with Crippen molar-refractivity contribution in [2.24, 2.45) is 0 Å². The standard InChI is InChI=1S/C7H10O2S.6C6H5.2Sn/c8-7(9)6(10)5-3-1-2-4-5;6*1-2-4-6-5-3-1;;/h10H,1-4H2,(H,8,9);6*1-5H;;/q;;;;;;;;+1/p-1. The second kappa shape index (κ2) is 19.4. The molecule has 2 nitrogen and oxygen atoms in total. The minimum absolute atomic E-state index is 0.150. The summed E-state index contributed by atoms with van der Waals surface area (Å²) in [6.07, 6.45) is 3.99. The third kappa shape index (κ3) is 10.4. The summed E-state index contributed by atoms with van der Waals surface area (Å²) >= 11 is 0.738. The second-order valence-electron chi connectivity index (χ2n) is 11.4. The summed E-state index contributed by atoms with van der Waals surface area (Å²) in [5.41, 5.74) is 0.961.